The summed E-state index contributed by atoms with van der Waals surface area (Å²) in [4.78, 5) is 28.4. The summed E-state index contributed by atoms with van der Waals surface area (Å²) in [5, 5.41) is 5.75. The Balaban J connectivity index is 1.45. The van der Waals surface area contributed by atoms with Gasteiger partial charge in [0.15, 0.2) is 11.5 Å². The van der Waals surface area contributed by atoms with Gasteiger partial charge < -0.3 is 20.1 Å². The van der Waals surface area contributed by atoms with E-state index in [1.54, 1.807) is 25.4 Å². The fourth-order valence-electron chi connectivity index (χ4n) is 3.10. The zero-order valence-electron chi connectivity index (χ0n) is 18.3. The number of carbonyl (C=O) groups is 2. The van der Waals surface area contributed by atoms with Crippen LogP contribution in [0.25, 0.3) is 0 Å². The zero-order chi connectivity index (χ0) is 22.8. The molecule has 2 aromatic carbocycles. The first kappa shape index (κ1) is 22.8. The van der Waals surface area contributed by atoms with Gasteiger partial charge in [-0.25, -0.2) is 0 Å². The van der Waals surface area contributed by atoms with E-state index in [0.717, 1.165) is 11.1 Å². The van der Waals surface area contributed by atoms with Crippen molar-refractivity contribution in [1.29, 1.82) is 0 Å². The van der Waals surface area contributed by atoms with Gasteiger partial charge in [-0.1, -0.05) is 18.2 Å². The summed E-state index contributed by atoms with van der Waals surface area (Å²) in [5.74, 6) is 1.11. The first-order valence-electron chi connectivity index (χ1n) is 10.5. The molecule has 0 fully saturated rings. The largest absolute Gasteiger partial charge is 0.493 e. The van der Waals surface area contributed by atoms with Crippen LogP contribution >= 0.6 is 0 Å². The van der Waals surface area contributed by atoms with Crippen LogP contribution in [0.4, 0.5) is 5.69 Å². The summed E-state index contributed by atoms with van der Waals surface area (Å²) in [6, 6.07) is 16.5. The van der Waals surface area contributed by atoms with Crippen LogP contribution in [0.15, 0.2) is 67.0 Å². The molecule has 7 heteroatoms. The third-order valence-electron chi connectivity index (χ3n) is 4.79. The Labute approximate surface area is 187 Å². The van der Waals surface area contributed by atoms with Gasteiger partial charge in [0.2, 0.25) is 5.91 Å². The molecule has 3 aromatic rings. The Morgan fingerprint density at radius 1 is 1.00 bits per heavy atom. The lowest BCUT2D eigenvalue weighted by molar-refractivity contribution is -0.121. The monoisotopic (exact) mass is 433 g/mol. The predicted octanol–water partition coefficient (Wildman–Crippen LogP) is 3.99. The molecule has 1 heterocycles. The van der Waals surface area contributed by atoms with Gasteiger partial charge in [0.1, 0.15) is 0 Å². The van der Waals surface area contributed by atoms with Crippen LogP contribution in [-0.4, -0.2) is 30.5 Å². The van der Waals surface area contributed by atoms with Crippen molar-refractivity contribution in [3.63, 3.8) is 0 Å². The van der Waals surface area contributed by atoms with Crippen molar-refractivity contribution in [1.82, 2.24) is 10.3 Å². The number of amides is 2. The molecule has 166 valence electrons. The lowest BCUT2D eigenvalue weighted by Crippen LogP contribution is -2.23. The summed E-state index contributed by atoms with van der Waals surface area (Å²) in [5.41, 5.74) is 3.13. The fraction of sp³-hybridized carbons (Fsp3) is 0.240. The molecule has 0 aliphatic heterocycles. The lowest BCUT2D eigenvalue weighted by Gasteiger charge is -2.11. The summed E-state index contributed by atoms with van der Waals surface area (Å²) in [7, 11) is 1.60. The topological polar surface area (TPSA) is 89.6 Å². The van der Waals surface area contributed by atoms with Crippen LogP contribution in [0.1, 0.15) is 34.8 Å². The number of nitrogens with zero attached hydrogens (tertiary/aromatic N) is 1. The van der Waals surface area contributed by atoms with Gasteiger partial charge >= 0.3 is 0 Å². The summed E-state index contributed by atoms with van der Waals surface area (Å²) in [6.45, 7) is 2.90. The number of hydrogen-bond acceptors (Lipinski definition) is 5. The number of methoxy groups -OCH3 is 1. The van der Waals surface area contributed by atoms with Crippen LogP contribution in [-0.2, 0) is 17.8 Å². The standard InChI is InChI=1S/C25H27N3O4/c1-3-32-22-12-8-18(15-23(22)31-2)9-13-24(29)27-16-19-6-10-21(11-7-19)28-25(30)20-5-4-14-26-17-20/h4-8,10-12,14-15,17H,3,9,13,16H2,1-2H3,(H,27,29)(H,28,30). The van der Waals surface area contributed by atoms with Gasteiger partial charge in [0.05, 0.1) is 19.3 Å². The molecular weight excluding hydrogens is 406 g/mol. The molecule has 0 spiro atoms. The number of hydrogen-bond donors (Lipinski definition) is 2. The van der Waals surface area contributed by atoms with Crippen molar-refractivity contribution in [3.8, 4) is 11.5 Å². The molecule has 0 radical (unpaired) electrons. The highest BCUT2D eigenvalue weighted by molar-refractivity contribution is 6.04. The van der Waals surface area contributed by atoms with Crippen molar-refractivity contribution < 1.29 is 19.1 Å². The molecule has 0 bridgehead atoms. The molecule has 2 amide bonds. The van der Waals surface area contributed by atoms with E-state index in [1.165, 1.54) is 6.20 Å². The number of rotatable bonds is 10. The minimum atomic E-state index is -0.218. The average molecular weight is 434 g/mol. The molecule has 1 aromatic heterocycles. The van der Waals surface area contributed by atoms with Gasteiger partial charge in [-0.2, -0.15) is 0 Å². The quantitative estimate of drug-likeness (QED) is 0.505. The molecule has 0 atom stereocenters. The van der Waals surface area contributed by atoms with Crippen molar-refractivity contribution in [2.75, 3.05) is 19.0 Å². The van der Waals surface area contributed by atoms with Crippen LogP contribution in [0.5, 0.6) is 11.5 Å². The fourth-order valence-corrected chi connectivity index (χ4v) is 3.10. The van der Waals surface area contributed by atoms with Gasteiger partial charge in [-0.3, -0.25) is 14.6 Å². The number of aromatic nitrogens is 1. The van der Waals surface area contributed by atoms with E-state index in [4.69, 9.17) is 9.47 Å². The van der Waals surface area contributed by atoms with E-state index >= 15 is 0 Å². The van der Waals surface area contributed by atoms with Crippen LogP contribution in [0.3, 0.4) is 0 Å². The highest BCUT2D eigenvalue weighted by Crippen LogP contribution is 2.28. The number of anilines is 1. The van der Waals surface area contributed by atoms with E-state index in [2.05, 4.69) is 15.6 Å². The van der Waals surface area contributed by atoms with E-state index < -0.39 is 0 Å². The first-order valence-corrected chi connectivity index (χ1v) is 10.5. The number of nitrogens with one attached hydrogen (secondary N) is 2. The second-order valence-corrected chi connectivity index (χ2v) is 7.09. The van der Waals surface area contributed by atoms with Crippen molar-refractivity contribution in [2.45, 2.75) is 26.3 Å². The molecule has 0 saturated carbocycles. The van der Waals surface area contributed by atoms with Gasteiger partial charge in [-0.05, 0) is 60.9 Å². The Hall–Kier alpha value is -3.87. The summed E-state index contributed by atoms with van der Waals surface area (Å²) in [6.07, 6.45) is 4.11. The van der Waals surface area contributed by atoms with E-state index in [9.17, 15) is 9.59 Å². The van der Waals surface area contributed by atoms with Crippen molar-refractivity contribution in [3.05, 3.63) is 83.7 Å². The van der Waals surface area contributed by atoms with E-state index in [1.807, 2.05) is 49.4 Å². The molecule has 32 heavy (non-hydrogen) atoms. The molecule has 0 aliphatic carbocycles. The third kappa shape index (κ3) is 6.57. The van der Waals surface area contributed by atoms with Gasteiger partial charge in [0, 0.05) is 31.0 Å². The van der Waals surface area contributed by atoms with Crippen LogP contribution in [0, 0.1) is 0 Å². The Bertz CT molecular complexity index is 1040. The maximum Gasteiger partial charge on any atom is 0.257 e. The van der Waals surface area contributed by atoms with Gasteiger partial charge in [-0.15, -0.1) is 0 Å². The molecule has 7 nitrogen and oxygen atoms in total. The second kappa shape index (κ2) is 11.5. The van der Waals surface area contributed by atoms with E-state index in [-0.39, 0.29) is 11.8 Å². The maximum atomic E-state index is 12.3. The number of aryl methyl sites for hydroxylation is 1. The summed E-state index contributed by atoms with van der Waals surface area (Å²) >= 11 is 0. The summed E-state index contributed by atoms with van der Waals surface area (Å²) < 4.78 is 10.9. The highest BCUT2D eigenvalue weighted by Gasteiger charge is 2.08. The molecular formula is C25H27N3O4. The molecule has 0 unspecified atom stereocenters. The van der Waals surface area contributed by atoms with Crippen LogP contribution < -0.4 is 20.1 Å². The Kier molecular flexibility index (Phi) is 8.20. The average Bonchev–Trinajstić information content (AvgIpc) is 2.83. The predicted molar refractivity (Wildman–Crippen MR) is 123 cm³/mol. The van der Waals surface area contributed by atoms with Gasteiger partial charge in [0.25, 0.3) is 5.91 Å². The minimum Gasteiger partial charge on any atom is -0.493 e. The molecule has 0 saturated heterocycles. The zero-order valence-corrected chi connectivity index (χ0v) is 18.3. The number of carbonyl (C=O) groups excluding carboxylic acids is 2. The Morgan fingerprint density at radius 2 is 1.78 bits per heavy atom. The number of ether oxygens (including phenoxy) is 2. The highest BCUT2D eigenvalue weighted by atomic mass is 16.5. The first-order chi connectivity index (χ1) is 15.6. The minimum absolute atomic E-state index is 0.0354. The lowest BCUT2D eigenvalue weighted by atomic mass is 10.1. The molecule has 2 N–H and O–H groups in total. The Morgan fingerprint density at radius 3 is 2.47 bits per heavy atom. The van der Waals surface area contributed by atoms with Crippen molar-refractivity contribution in [2.24, 2.45) is 0 Å². The van der Waals surface area contributed by atoms with E-state index in [0.29, 0.717) is 48.7 Å². The number of benzene rings is 2. The smallest absolute Gasteiger partial charge is 0.257 e. The normalized spacial score (nSPS) is 10.3. The SMILES string of the molecule is CCOc1ccc(CCC(=O)NCc2ccc(NC(=O)c3cccnc3)cc2)cc1OC. The molecule has 0 aliphatic rings. The van der Waals surface area contributed by atoms with Crippen molar-refractivity contribution >= 4 is 17.5 Å². The maximum absolute atomic E-state index is 12.3. The number of pyridine rings is 1. The van der Waals surface area contributed by atoms with Crippen LogP contribution in [0.2, 0.25) is 0 Å². The third-order valence-corrected chi connectivity index (χ3v) is 4.79. The molecule has 3 rings (SSSR count). The second-order valence-electron chi connectivity index (χ2n) is 7.09.